The van der Waals surface area contributed by atoms with Gasteiger partial charge >= 0.3 is 6.03 Å². The summed E-state index contributed by atoms with van der Waals surface area (Å²) >= 11 is 0. The number of H-pyrrole nitrogens is 1. The highest BCUT2D eigenvalue weighted by atomic mass is 16.2. The van der Waals surface area contributed by atoms with Gasteiger partial charge in [-0.05, 0) is 37.7 Å². The van der Waals surface area contributed by atoms with Crippen LogP contribution >= 0.6 is 0 Å². The summed E-state index contributed by atoms with van der Waals surface area (Å²) in [7, 11) is 1.74. The Morgan fingerprint density at radius 1 is 1.25 bits per heavy atom. The predicted molar refractivity (Wildman–Crippen MR) is 86.0 cm³/mol. The highest BCUT2D eigenvalue weighted by Crippen LogP contribution is 2.22. The van der Waals surface area contributed by atoms with Crippen LogP contribution in [0.3, 0.4) is 0 Å². The highest BCUT2D eigenvalue weighted by Gasteiger charge is 2.30. The molecule has 0 saturated carbocycles. The third-order valence-corrected chi connectivity index (χ3v) is 4.71. The summed E-state index contributed by atoms with van der Waals surface area (Å²) in [5.74, 6) is -0.428. The molecular formula is C16H23N5O3. The van der Waals surface area contributed by atoms with E-state index in [1.807, 2.05) is 0 Å². The lowest BCUT2D eigenvalue weighted by Gasteiger charge is -2.17. The molecule has 1 aliphatic carbocycles. The van der Waals surface area contributed by atoms with E-state index in [4.69, 9.17) is 0 Å². The van der Waals surface area contributed by atoms with Crippen molar-refractivity contribution in [1.29, 1.82) is 0 Å². The molecule has 1 atom stereocenters. The van der Waals surface area contributed by atoms with Crippen molar-refractivity contribution in [2.45, 2.75) is 57.5 Å². The van der Waals surface area contributed by atoms with Crippen LogP contribution in [0.25, 0.3) is 0 Å². The number of carbonyl (C=O) groups is 3. The first kappa shape index (κ1) is 16.5. The van der Waals surface area contributed by atoms with Gasteiger partial charge in [-0.25, -0.2) is 4.79 Å². The van der Waals surface area contributed by atoms with Gasteiger partial charge in [0.15, 0.2) is 0 Å². The molecule has 2 aliphatic rings. The number of fused-ring (bicyclic) bond motifs is 1. The summed E-state index contributed by atoms with van der Waals surface area (Å²) in [5.41, 5.74) is 3.40. The molecule has 24 heavy (non-hydrogen) atoms. The molecule has 8 heteroatoms. The van der Waals surface area contributed by atoms with Crippen LogP contribution in [-0.4, -0.2) is 46.0 Å². The first-order valence-corrected chi connectivity index (χ1v) is 8.45. The Labute approximate surface area is 140 Å². The van der Waals surface area contributed by atoms with Crippen molar-refractivity contribution in [2.75, 3.05) is 7.05 Å². The number of rotatable bonds is 5. The van der Waals surface area contributed by atoms with E-state index in [0.717, 1.165) is 25.0 Å². The molecule has 1 fully saturated rings. The van der Waals surface area contributed by atoms with E-state index in [9.17, 15) is 14.4 Å². The van der Waals surface area contributed by atoms with Crippen molar-refractivity contribution < 1.29 is 14.4 Å². The van der Waals surface area contributed by atoms with Crippen molar-refractivity contribution in [2.24, 2.45) is 0 Å². The first-order valence-electron chi connectivity index (χ1n) is 8.45. The maximum atomic E-state index is 12.3. The molecule has 0 unspecified atom stereocenters. The zero-order chi connectivity index (χ0) is 17.1. The van der Waals surface area contributed by atoms with Gasteiger partial charge < -0.3 is 10.2 Å². The van der Waals surface area contributed by atoms with Crippen molar-refractivity contribution in [1.82, 2.24) is 25.7 Å². The molecule has 0 bridgehead atoms. The number of imide groups is 1. The molecule has 1 aromatic rings. The lowest BCUT2D eigenvalue weighted by atomic mass is 10.1. The second-order valence-electron chi connectivity index (χ2n) is 6.49. The van der Waals surface area contributed by atoms with Gasteiger partial charge in [0.1, 0.15) is 6.04 Å². The third-order valence-electron chi connectivity index (χ3n) is 4.71. The Bertz CT molecular complexity index is 654. The molecule has 130 valence electrons. The SMILES string of the molecule is CN(Cc1n[nH]c2c1CCCCC2)C(=O)CC[C@H]1NC(=O)NC1=O. The molecular weight excluding hydrogens is 310 g/mol. The number of hydrogen-bond donors (Lipinski definition) is 3. The van der Waals surface area contributed by atoms with E-state index in [1.54, 1.807) is 11.9 Å². The predicted octanol–water partition coefficient (Wildman–Crippen LogP) is 0.625. The van der Waals surface area contributed by atoms with Crippen molar-refractivity contribution in [3.05, 3.63) is 17.0 Å². The lowest BCUT2D eigenvalue weighted by Crippen LogP contribution is -2.32. The Morgan fingerprint density at radius 3 is 2.79 bits per heavy atom. The quantitative estimate of drug-likeness (QED) is 0.542. The van der Waals surface area contributed by atoms with Crippen LogP contribution in [0.15, 0.2) is 0 Å². The van der Waals surface area contributed by atoms with Crippen LogP contribution < -0.4 is 10.6 Å². The number of aromatic nitrogens is 2. The van der Waals surface area contributed by atoms with Crippen LogP contribution in [-0.2, 0) is 29.0 Å². The smallest absolute Gasteiger partial charge is 0.322 e. The molecule has 0 radical (unpaired) electrons. The van der Waals surface area contributed by atoms with Gasteiger partial charge in [-0.15, -0.1) is 0 Å². The first-order chi connectivity index (χ1) is 11.5. The van der Waals surface area contributed by atoms with E-state index in [0.29, 0.717) is 13.0 Å². The molecule has 2 heterocycles. The topological polar surface area (TPSA) is 107 Å². The molecule has 3 N–H and O–H groups in total. The standard InChI is InChI=1S/C16H23N5O3/c1-21(14(22)8-7-12-15(23)18-16(24)17-12)9-13-10-5-3-2-4-6-11(10)19-20-13/h12H,2-9H2,1H3,(H,19,20)(H2,17,18,23,24)/t12-/m1/s1. The normalized spacial score (nSPS) is 20.1. The monoisotopic (exact) mass is 333 g/mol. The van der Waals surface area contributed by atoms with Crippen LogP contribution in [0.2, 0.25) is 0 Å². The minimum Gasteiger partial charge on any atom is -0.340 e. The zero-order valence-electron chi connectivity index (χ0n) is 13.9. The zero-order valence-corrected chi connectivity index (χ0v) is 13.9. The maximum Gasteiger partial charge on any atom is 0.322 e. The van der Waals surface area contributed by atoms with Crippen molar-refractivity contribution >= 4 is 17.8 Å². The van der Waals surface area contributed by atoms with E-state index in [1.165, 1.54) is 24.1 Å². The molecule has 8 nitrogen and oxygen atoms in total. The highest BCUT2D eigenvalue weighted by molar-refractivity contribution is 6.04. The number of amides is 4. The minimum atomic E-state index is -0.614. The van der Waals surface area contributed by atoms with Gasteiger partial charge in [0.05, 0.1) is 12.2 Å². The van der Waals surface area contributed by atoms with Crippen LogP contribution in [0.4, 0.5) is 4.79 Å². The molecule has 0 aromatic carbocycles. The van der Waals surface area contributed by atoms with Crippen molar-refractivity contribution in [3.63, 3.8) is 0 Å². The lowest BCUT2D eigenvalue weighted by molar-refractivity contribution is -0.130. The molecule has 3 rings (SSSR count). The number of nitrogens with zero attached hydrogens (tertiary/aromatic N) is 2. The Balaban J connectivity index is 1.54. The number of aryl methyl sites for hydroxylation is 1. The van der Waals surface area contributed by atoms with E-state index < -0.39 is 12.1 Å². The van der Waals surface area contributed by atoms with Gasteiger partial charge in [0.25, 0.3) is 5.91 Å². The minimum absolute atomic E-state index is 0.0608. The van der Waals surface area contributed by atoms with Crippen LogP contribution in [0, 0.1) is 0 Å². The average Bonchev–Trinajstić information content (AvgIpc) is 2.97. The molecule has 4 amide bonds. The number of carbonyl (C=O) groups excluding carboxylic acids is 3. The summed E-state index contributed by atoms with van der Waals surface area (Å²) < 4.78 is 0. The van der Waals surface area contributed by atoms with Crippen LogP contribution in [0.1, 0.15) is 49.1 Å². The van der Waals surface area contributed by atoms with Gasteiger partial charge in [-0.3, -0.25) is 20.0 Å². The number of urea groups is 1. The Kier molecular flexibility index (Phi) is 4.82. The molecule has 1 aromatic heterocycles. The summed E-state index contributed by atoms with van der Waals surface area (Å²) in [4.78, 5) is 36.5. The Hall–Kier alpha value is -2.38. The van der Waals surface area contributed by atoms with Crippen molar-refractivity contribution in [3.8, 4) is 0 Å². The molecule has 1 aliphatic heterocycles. The fourth-order valence-electron chi connectivity index (χ4n) is 3.29. The summed E-state index contributed by atoms with van der Waals surface area (Å²) in [6.07, 6.45) is 6.12. The summed E-state index contributed by atoms with van der Waals surface area (Å²) in [5, 5.41) is 12.2. The van der Waals surface area contributed by atoms with Gasteiger partial charge in [-0.1, -0.05) is 6.42 Å². The van der Waals surface area contributed by atoms with E-state index in [2.05, 4.69) is 20.8 Å². The van der Waals surface area contributed by atoms with Gasteiger partial charge in [-0.2, -0.15) is 5.10 Å². The third kappa shape index (κ3) is 3.58. The summed E-state index contributed by atoms with van der Waals surface area (Å²) in [6.45, 7) is 0.466. The maximum absolute atomic E-state index is 12.3. The number of hydrogen-bond acceptors (Lipinski definition) is 4. The summed E-state index contributed by atoms with van der Waals surface area (Å²) in [6, 6.07) is -1.11. The largest absolute Gasteiger partial charge is 0.340 e. The van der Waals surface area contributed by atoms with Gasteiger partial charge in [0.2, 0.25) is 5.91 Å². The second-order valence-corrected chi connectivity index (χ2v) is 6.49. The fraction of sp³-hybridized carbons (Fsp3) is 0.625. The van der Waals surface area contributed by atoms with Crippen LogP contribution in [0.5, 0.6) is 0 Å². The average molecular weight is 333 g/mol. The van der Waals surface area contributed by atoms with E-state index >= 15 is 0 Å². The second kappa shape index (κ2) is 7.02. The molecule has 0 spiro atoms. The number of aromatic amines is 1. The van der Waals surface area contributed by atoms with E-state index in [-0.39, 0.29) is 18.2 Å². The van der Waals surface area contributed by atoms with Gasteiger partial charge in [0, 0.05) is 19.2 Å². The Morgan fingerprint density at radius 2 is 2.04 bits per heavy atom. The molecule has 1 saturated heterocycles. The number of nitrogens with one attached hydrogen (secondary N) is 3. The fourth-order valence-corrected chi connectivity index (χ4v) is 3.29.